The van der Waals surface area contributed by atoms with Gasteiger partial charge in [0.1, 0.15) is 36.3 Å². The third-order valence-corrected chi connectivity index (χ3v) is 5.45. The summed E-state index contributed by atoms with van der Waals surface area (Å²) >= 11 is 0. The third-order valence-electron chi connectivity index (χ3n) is 5.45. The van der Waals surface area contributed by atoms with Gasteiger partial charge in [-0.2, -0.15) is 0 Å². The standard InChI is InChI=1S/C22H36N8O13/c1-8(26-18(38)9(23)6-31)17(37)30-13(7-32)21(41)27-10(2-3-14(24)33)19(39)28-11(4-15(25)34)20(40)29-12(22(42)43)5-16(35)36/h8-13,31-32H,2-7,23H2,1H3,(H2,24,33)(H2,25,34)(H,26,38)(H,27,41)(H,28,39)(H,29,40)(H,30,37)(H,35,36)(H,42,43)/t8-,9-,10-,11-,12-,13-/m0/s1. The number of carbonyl (C=O) groups excluding carboxylic acids is 7. The predicted octanol–water partition coefficient (Wildman–Crippen LogP) is -7.56. The molecule has 0 aromatic carbocycles. The Morgan fingerprint density at radius 3 is 1.56 bits per heavy atom. The molecule has 0 fully saturated rings. The number of rotatable bonds is 20. The van der Waals surface area contributed by atoms with Gasteiger partial charge in [0.15, 0.2) is 0 Å². The van der Waals surface area contributed by atoms with Crippen molar-refractivity contribution in [3.8, 4) is 0 Å². The number of amides is 7. The summed E-state index contributed by atoms with van der Waals surface area (Å²) in [5, 5.41) is 46.8. The molecule has 0 saturated carbocycles. The van der Waals surface area contributed by atoms with E-state index in [0.717, 1.165) is 0 Å². The van der Waals surface area contributed by atoms with E-state index >= 15 is 0 Å². The molecule has 0 aromatic rings. The molecule has 242 valence electrons. The predicted molar refractivity (Wildman–Crippen MR) is 140 cm³/mol. The van der Waals surface area contributed by atoms with Crippen LogP contribution in [0.1, 0.15) is 32.6 Å². The molecule has 0 saturated heterocycles. The van der Waals surface area contributed by atoms with Gasteiger partial charge in [0.2, 0.25) is 41.4 Å². The molecule has 15 N–H and O–H groups in total. The van der Waals surface area contributed by atoms with Crippen LogP contribution in [-0.2, 0) is 43.2 Å². The lowest BCUT2D eigenvalue weighted by molar-refractivity contribution is -0.147. The normalized spacial score (nSPS) is 14.8. The van der Waals surface area contributed by atoms with E-state index in [1.165, 1.54) is 6.92 Å². The van der Waals surface area contributed by atoms with Crippen molar-refractivity contribution >= 4 is 53.3 Å². The molecule has 0 rings (SSSR count). The van der Waals surface area contributed by atoms with Crippen LogP contribution in [0.4, 0.5) is 0 Å². The van der Waals surface area contributed by atoms with Gasteiger partial charge in [-0.1, -0.05) is 0 Å². The monoisotopic (exact) mass is 620 g/mol. The number of hydrogen-bond acceptors (Lipinski definition) is 12. The van der Waals surface area contributed by atoms with Crippen LogP contribution in [0.3, 0.4) is 0 Å². The van der Waals surface area contributed by atoms with Crippen LogP contribution in [0, 0.1) is 0 Å². The van der Waals surface area contributed by atoms with Gasteiger partial charge in [-0.05, 0) is 13.3 Å². The Balaban J connectivity index is 5.79. The molecule has 21 nitrogen and oxygen atoms in total. The maximum Gasteiger partial charge on any atom is 0.326 e. The second-order valence-corrected chi connectivity index (χ2v) is 9.06. The molecular formula is C22H36N8O13. The van der Waals surface area contributed by atoms with Gasteiger partial charge in [0.05, 0.1) is 26.1 Å². The second-order valence-electron chi connectivity index (χ2n) is 9.06. The van der Waals surface area contributed by atoms with Crippen molar-refractivity contribution < 1.29 is 63.6 Å². The van der Waals surface area contributed by atoms with Gasteiger partial charge >= 0.3 is 11.9 Å². The molecule has 21 heteroatoms. The minimum atomic E-state index is -1.96. The number of aliphatic hydroxyl groups excluding tert-OH is 2. The topological polar surface area (TPSA) is 373 Å². The van der Waals surface area contributed by atoms with Crippen molar-refractivity contribution in [3.63, 3.8) is 0 Å². The van der Waals surface area contributed by atoms with E-state index in [0.29, 0.717) is 0 Å². The molecule has 7 amide bonds. The Hall–Kier alpha value is -4.89. The maximum atomic E-state index is 13.0. The molecule has 0 spiro atoms. The van der Waals surface area contributed by atoms with Gasteiger partial charge < -0.3 is 64.2 Å². The molecule has 6 atom stereocenters. The van der Waals surface area contributed by atoms with Crippen molar-refractivity contribution in [2.75, 3.05) is 13.2 Å². The number of aliphatic carboxylic acids is 2. The average molecular weight is 621 g/mol. The highest BCUT2D eigenvalue weighted by Gasteiger charge is 2.33. The first-order valence-electron chi connectivity index (χ1n) is 12.4. The molecular weight excluding hydrogens is 584 g/mol. The SMILES string of the molecule is C[C@H](NC(=O)[C@@H](N)CO)C(=O)N[C@@H](CO)C(=O)N[C@@H](CCC(N)=O)C(=O)N[C@@H](CC(N)=O)C(=O)N[C@@H](CC(=O)O)C(=O)O. The van der Waals surface area contributed by atoms with Gasteiger partial charge in [-0.25, -0.2) is 4.79 Å². The lowest BCUT2D eigenvalue weighted by Gasteiger charge is -2.25. The van der Waals surface area contributed by atoms with Crippen LogP contribution >= 0.6 is 0 Å². The van der Waals surface area contributed by atoms with Crippen LogP contribution in [-0.4, -0.2) is 123 Å². The quantitative estimate of drug-likeness (QED) is 0.0601. The fourth-order valence-corrected chi connectivity index (χ4v) is 3.12. The highest BCUT2D eigenvalue weighted by atomic mass is 16.4. The summed E-state index contributed by atoms with van der Waals surface area (Å²) in [6.45, 7) is -0.547. The highest BCUT2D eigenvalue weighted by Crippen LogP contribution is 2.03. The summed E-state index contributed by atoms with van der Waals surface area (Å²) in [7, 11) is 0. The molecule has 0 aromatic heterocycles. The summed E-state index contributed by atoms with van der Waals surface area (Å²) in [5.41, 5.74) is 15.5. The second kappa shape index (κ2) is 18.5. The van der Waals surface area contributed by atoms with Gasteiger partial charge in [0.25, 0.3) is 0 Å². The fraction of sp³-hybridized carbons (Fsp3) is 0.591. The molecule has 0 aliphatic carbocycles. The number of nitrogens with two attached hydrogens (primary N) is 3. The molecule has 0 radical (unpaired) electrons. The van der Waals surface area contributed by atoms with Crippen molar-refractivity contribution in [2.24, 2.45) is 17.2 Å². The number of hydrogen-bond donors (Lipinski definition) is 12. The van der Waals surface area contributed by atoms with E-state index in [9.17, 15) is 48.3 Å². The van der Waals surface area contributed by atoms with Gasteiger partial charge in [0, 0.05) is 6.42 Å². The number of aliphatic hydroxyl groups is 2. The van der Waals surface area contributed by atoms with E-state index in [4.69, 9.17) is 32.5 Å². The number of carboxylic acids is 2. The van der Waals surface area contributed by atoms with E-state index in [-0.39, 0.29) is 0 Å². The van der Waals surface area contributed by atoms with Gasteiger partial charge in [-0.3, -0.25) is 38.4 Å². The minimum absolute atomic E-state index is 0.494. The van der Waals surface area contributed by atoms with E-state index in [1.54, 1.807) is 0 Å². The van der Waals surface area contributed by atoms with E-state index < -0.39 is 128 Å². The first kappa shape index (κ1) is 38.1. The Morgan fingerprint density at radius 1 is 0.605 bits per heavy atom. The number of carbonyl (C=O) groups is 9. The molecule has 0 aliphatic rings. The summed E-state index contributed by atoms with van der Waals surface area (Å²) in [4.78, 5) is 108. The van der Waals surface area contributed by atoms with Crippen LogP contribution in [0.5, 0.6) is 0 Å². The lowest BCUT2D eigenvalue weighted by Crippen LogP contribution is -2.60. The molecule has 0 heterocycles. The van der Waals surface area contributed by atoms with Crippen LogP contribution in [0.2, 0.25) is 0 Å². The van der Waals surface area contributed by atoms with Crippen molar-refractivity contribution in [2.45, 2.75) is 68.9 Å². The molecule has 0 aliphatic heterocycles. The molecule has 43 heavy (non-hydrogen) atoms. The summed E-state index contributed by atoms with van der Waals surface area (Å²) < 4.78 is 0. The minimum Gasteiger partial charge on any atom is -0.481 e. The largest absolute Gasteiger partial charge is 0.481 e. The van der Waals surface area contributed by atoms with Crippen molar-refractivity contribution in [1.29, 1.82) is 0 Å². The summed E-state index contributed by atoms with van der Waals surface area (Å²) in [5.74, 6) is -11.0. The molecule has 0 bridgehead atoms. The van der Waals surface area contributed by atoms with Gasteiger partial charge in [-0.15, -0.1) is 0 Å². The number of primary amides is 2. The average Bonchev–Trinajstić information content (AvgIpc) is 2.91. The highest BCUT2D eigenvalue weighted by molar-refractivity contribution is 5.98. The first-order chi connectivity index (χ1) is 19.9. The fourth-order valence-electron chi connectivity index (χ4n) is 3.12. The van der Waals surface area contributed by atoms with Crippen LogP contribution in [0.25, 0.3) is 0 Å². The van der Waals surface area contributed by atoms with Crippen molar-refractivity contribution in [1.82, 2.24) is 26.6 Å². The zero-order chi connectivity index (χ0) is 33.4. The summed E-state index contributed by atoms with van der Waals surface area (Å²) in [6.07, 6.45) is -2.95. The van der Waals surface area contributed by atoms with Crippen LogP contribution < -0.4 is 43.8 Å². The number of nitrogens with one attached hydrogen (secondary N) is 5. The molecule has 0 unspecified atom stereocenters. The van der Waals surface area contributed by atoms with E-state index in [1.807, 2.05) is 10.6 Å². The first-order valence-corrected chi connectivity index (χ1v) is 12.4. The Kier molecular flexibility index (Phi) is 16.4. The Bertz CT molecular complexity index is 1090. The Morgan fingerprint density at radius 2 is 1.09 bits per heavy atom. The zero-order valence-corrected chi connectivity index (χ0v) is 22.9. The Labute approximate surface area is 243 Å². The summed E-state index contributed by atoms with van der Waals surface area (Å²) in [6, 6.07) is -9.88. The zero-order valence-electron chi connectivity index (χ0n) is 22.9. The smallest absolute Gasteiger partial charge is 0.326 e. The number of carboxylic acid groups (broad SMARTS) is 2. The lowest BCUT2D eigenvalue weighted by atomic mass is 10.1. The maximum absolute atomic E-state index is 13.0. The van der Waals surface area contributed by atoms with Crippen molar-refractivity contribution in [3.05, 3.63) is 0 Å². The van der Waals surface area contributed by atoms with Crippen LogP contribution in [0.15, 0.2) is 0 Å². The van der Waals surface area contributed by atoms with E-state index in [2.05, 4.69) is 16.0 Å². The third kappa shape index (κ3) is 14.5.